The number of carbonyl (C=O) groups excluding carboxylic acids is 1. The van der Waals surface area contributed by atoms with Crippen molar-refractivity contribution in [2.24, 2.45) is 0 Å². The van der Waals surface area contributed by atoms with Gasteiger partial charge in [0.25, 0.3) is 5.91 Å². The maximum atomic E-state index is 12.8. The van der Waals surface area contributed by atoms with E-state index in [0.29, 0.717) is 54.4 Å². The topological polar surface area (TPSA) is 146 Å². The molecule has 0 saturated carbocycles. The van der Waals surface area contributed by atoms with Gasteiger partial charge in [-0.25, -0.2) is 9.61 Å². The van der Waals surface area contributed by atoms with E-state index >= 15 is 0 Å². The lowest BCUT2D eigenvalue weighted by atomic mass is 10.2. The zero-order valence-corrected chi connectivity index (χ0v) is 17.3. The van der Waals surface area contributed by atoms with Crippen LogP contribution in [0.25, 0.3) is 22.6 Å². The van der Waals surface area contributed by atoms with Crippen LogP contribution in [0, 0.1) is 0 Å². The quantitative estimate of drug-likeness (QED) is 0.515. The van der Waals surface area contributed by atoms with Gasteiger partial charge in [0, 0.05) is 32.4 Å². The third kappa shape index (κ3) is 4.42. The summed E-state index contributed by atoms with van der Waals surface area (Å²) in [6, 6.07) is 0. The third-order valence-electron chi connectivity index (χ3n) is 4.43. The molecular weight excluding hydrogens is 423 g/mol. The minimum Gasteiger partial charge on any atom is -0.379 e. The van der Waals surface area contributed by atoms with Gasteiger partial charge in [-0.15, -0.1) is 24.8 Å². The van der Waals surface area contributed by atoms with E-state index in [1.807, 2.05) is 11.5 Å². The molecule has 0 aromatic carbocycles. The highest BCUT2D eigenvalue weighted by Gasteiger charge is 2.23. The first-order valence-electron chi connectivity index (χ1n) is 8.72. The normalized spacial score (nSPS) is 16.1. The lowest BCUT2D eigenvalue weighted by Crippen LogP contribution is -2.45. The Kier molecular flexibility index (Phi) is 7.73. The molecule has 3 aromatic heterocycles. The fraction of sp³-hybridized carbons (Fsp3) is 0.438. The number of nitrogens with zero attached hydrogens (tertiary/aromatic N) is 5. The average molecular weight is 445 g/mol. The molecule has 1 amide bonds. The number of aryl methyl sites for hydroxylation is 1. The summed E-state index contributed by atoms with van der Waals surface area (Å²) in [6.45, 7) is 5.08. The molecule has 1 aliphatic heterocycles. The van der Waals surface area contributed by atoms with Gasteiger partial charge in [-0.1, -0.05) is 0 Å². The molecule has 4 N–H and O–H groups in total. The van der Waals surface area contributed by atoms with E-state index in [-0.39, 0.29) is 42.6 Å². The number of carbonyl (C=O) groups is 1. The number of pyridine rings is 1. The van der Waals surface area contributed by atoms with Crippen LogP contribution in [0.3, 0.4) is 0 Å². The molecule has 0 spiro atoms. The average Bonchev–Trinajstić information content (AvgIpc) is 3.29. The van der Waals surface area contributed by atoms with Crippen molar-refractivity contribution in [2.45, 2.75) is 19.6 Å². The number of imidazole rings is 1. The summed E-state index contributed by atoms with van der Waals surface area (Å²) in [4.78, 5) is 21.5. The summed E-state index contributed by atoms with van der Waals surface area (Å²) in [5.74, 6) is 0.378. The molecule has 1 aliphatic rings. The maximum Gasteiger partial charge on any atom is 0.255 e. The Balaban J connectivity index is 0.00000150. The van der Waals surface area contributed by atoms with Crippen LogP contribution in [0.5, 0.6) is 0 Å². The molecular formula is C16H22Cl2N8O3. The van der Waals surface area contributed by atoms with E-state index in [4.69, 9.17) is 10.5 Å². The van der Waals surface area contributed by atoms with Crippen molar-refractivity contribution < 1.29 is 14.2 Å². The predicted octanol–water partition coefficient (Wildman–Crippen LogP) is 0.645. The second-order valence-corrected chi connectivity index (χ2v) is 6.14. The Hall–Kier alpha value is -2.47. The van der Waals surface area contributed by atoms with E-state index in [1.165, 1.54) is 6.20 Å². The van der Waals surface area contributed by atoms with E-state index < -0.39 is 0 Å². The number of hydrogen-bond donors (Lipinski definition) is 3. The number of rotatable bonds is 5. The smallest absolute Gasteiger partial charge is 0.255 e. The summed E-state index contributed by atoms with van der Waals surface area (Å²) < 4.78 is 12.1. The number of nitrogens with one attached hydrogen (secondary N) is 2. The molecule has 1 atom stereocenters. The van der Waals surface area contributed by atoms with Crippen LogP contribution in [0.1, 0.15) is 17.3 Å². The molecule has 29 heavy (non-hydrogen) atoms. The predicted molar refractivity (Wildman–Crippen MR) is 110 cm³/mol. The summed E-state index contributed by atoms with van der Waals surface area (Å²) in [6.07, 6.45) is 3.07. The van der Waals surface area contributed by atoms with Gasteiger partial charge in [-0.05, 0) is 17.2 Å². The maximum absolute atomic E-state index is 12.8. The Morgan fingerprint density at radius 1 is 1.38 bits per heavy atom. The summed E-state index contributed by atoms with van der Waals surface area (Å²) in [5, 5.41) is 13.6. The molecule has 1 saturated heterocycles. The number of ether oxygens (including phenoxy) is 1. The monoisotopic (exact) mass is 444 g/mol. The number of aromatic nitrogens is 5. The summed E-state index contributed by atoms with van der Waals surface area (Å²) in [7, 11) is 0. The fourth-order valence-corrected chi connectivity index (χ4v) is 3.15. The van der Waals surface area contributed by atoms with Crippen molar-refractivity contribution in [3.05, 3.63) is 18.0 Å². The molecule has 1 unspecified atom stereocenters. The van der Waals surface area contributed by atoms with Crippen molar-refractivity contribution in [2.75, 3.05) is 32.0 Å². The van der Waals surface area contributed by atoms with Gasteiger partial charge in [-0.2, -0.15) is 0 Å². The molecule has 4 rings (SSSR count). The molecule has 0 aliphatic carbocycles. The van der Waals surface area contributed by atoms with E-state index in [1.54, 1.807) is 6.20 Å². The number of halogens is 2. The molecule has 1 fully saturated rings. The Bertz CT molecular complexity index is 970. The fourth-order valence-electron chi connectivity index (χ4n) is 3.15. The molecule has 3 aromatic rings. The van der Waals surface area contributed by atoms with Crippen molar-refractivity contribution in [3.63, 3.8) is 0 Å². The second-order valence-electron chi connectivity index (χ2n) is 6.14. The molecule has 0 bridgehead atoms. The Morgan fingerprint density at radius 2 is 2.21 bits per heavy atom. The zero-order valence-electron chi connectivity index (χ0n) is 15.6. The Morgan fingerprint density at radius 3 is 2.86 bits per heavy atom. The standard InChI is InChI=1S/C16H20N8O3.2ClH/c1-2-24-13-10(16(25)20-6-9-5-18-3-4-26-9)7-19-8-11(13)21-15(24)12-14(17)23-27-22-12;;/h7-9,18H,2-6H2,1H3,(H2,17,23)(H,20,25);2*1H. The highest BCUT2D eigenvalue weighted by Crippen LogP contribution is 2.28. The van der Waals surface area contributed by atoms with Gasteiger partial charge >= 0.3 is 0 Å². The molecule has 11 nitrogen and oxygen atoms in total. The minimum absolute atomic E-state index is 0. The van der Waals surface area contributed by atoms with Gasteiger partial charge in [0.05, 0.1) is 30.0 Å². The lowest BCUT2D eigenvalue weighted by Gasteiger charge is -2.23. The summed E-state index contributed by atoms with van der Waals surface area (Å²) >= 11 is 0. The van der Waals surface area contributed by atoms with Crippen LogP contribution in [0.4, 0.5) is 5.82 Å². The molecule has 13 heteroatoms. The van der Waals surface area contributed by atoms with Gasteiger partial charge < -0.3 is 25.7 Å². The van der Waals surface area contributed by atoms with Gasteiger partial charge in [0.1, 0.15) is 5.52 Å². The van der Waals surface area contributed by atoms with Crippen molar-refractivity contribution in [1.82, 2.24) is 35.5 Å². The highest BCUT2D eigenvalue weighted by atomic mass is 35.5. The number of morpholine rings is 1. The number of hydrogen-bond acceptors (Lipinski definition) is 9. The van der Waals surface area contributed by atoms with Crippen LogP contribution in [-0.4, -0.2) is 63.1 Å². The van der Waals surface area contributed by atoms with E-state index in [9.17, 15) is 4.79 Å². The third-order valence-corrected chi connectivity index (χ3v) is 4.43. The highest BCUT2D eigenvalue weighted by molar-refractivity contribution is 6.05. The lowest BCUT2D eigenvalue weighted by molar-refractivity contribution is 0.0287. The largest absolute Gasteiger partial charge is 0.379 e. The van der Waals surface area contributed by atoms with Crippen LogP contribution in [0.15, 0.2) is 17.0 Å². The second kappa shape index (κ2) is 9.83. The Labute approximate surface area is 178 Å². The van der Waals surface area contributed by atoms with Crippen molar-refractivity contribution in [3.8, 4) is 11.5 Å². The van der Waals surface area contributed by atoms with Gasteiger partial charge in [0.2, 0.25) is 0 Å². The van der Waals surface area contributed by atoms with Crippen LogP contribution < -0.4 is 16.4 Å². The van der Waals surface area contributed by atoms with Gasteiger partial charge in [-0.3, -0.25) is 9.78 Å². The van der Waals surface area contributed by atoms with Crippen LogP contribution in [0.2, 0.25) is 0 Å². The van der Waals surface area contributed by atoms with Crippen molar-refractivity contribution in [1.29, 1.82) is 0 Å². The number of nitrogens with two attached hydrogens (primary N) is 1. The first kappa shape index (κ1) is 22.8. The SMILES string of the molecule is CCn1c(-c2nonc2N)nc2cncc(C(=O)NCC3CNCCO3)c21.Cl.Cl. The molecule has 158 valence electrons. The number of amides is 1. The van der Waals surface area contributed by atoms with Gasteiger partial charge in [0.15, 0.2) is 17.3 Å². The number of anilines is 1. The minimum atomic E-state index is -0.241. The summed E-state index contributed by atoms with van der Waals surface area (Å²) in [5.41, 5.74) is 7.79. The van der Waals surface area contributed by atoms with Crippen LogP contribution >= 0.6 is 24.8 Å². The zero-order chi connectivity index (χ0) is 18.8. The van der Waals surface area contributed by atoms with Crippen molar-refractivity contribution >= 4 is 47.6 Å². The first-order valence-corrected chi connectivity index (χ1v) is 8.72. The van der Waals surface area contributed by atoms with Crippen LogP contribution in [-0.2, 0) is 11.3 Å². The molecule has 4 heterocycles. The number of fused-ring (bicyclic) bond motifs is 1. The molecule has 0 radical (unpaired) electrons. The first-order chi connectivity index (χ1) is 13.2. The number of nitrogen functional groups attached to an aromatic ring is 1. The van der Waals surface area contributed by atoms with E-state index in [2.05, 4.69) is 35.5 Å². The van der Waals surface area contributed by atoms with E-state index in [0.717, 1.165) is 6.54 Å².